The van der Waals surface area contributed by atoms with Gasteiger partial charge in [0.2, 0.25) is 0 Å². The second kappa shape index (κ2) is 6.18. The molecular weight excluding hydrogens is 280 g/mol. The molecule has 0 fully saturated rings. The summed E-state index contributed by atoms with van der Waals surface area (Å²) in [5, 5.41) is 0. The van der Waals surface area contributed by atoms with Crippen molar-refractivity contribution in [1.29, 1.82) is 0 Å². The lowest BCUT2D eigenvalue weighted by Gasteiger charge is -2.20. The van der Waals surface area contributed by atoms with E-state index < -0.39 is 18.2 Å². The highest BCUT2D eigenvalue weighted by Crippen LogP contribution is 2.42. The van der Waals surface area contributed by atoms with Gasteiger partial charge < -0.3 is 9.47 Å². The smallest absolute Gasteiger partial charge is 0.334 e. The van der Waals surface area contributed by atoms with E-state index in [1.807, 2.05) is 6.92 Å². The van der Waals surface area contributed by atoms with E-state index >= 15 is 0 Å². The van der Waals surface area contributed by atoms with E-state index in [1.165, 1.54) is 6.92 Å². The number of fused-ring (bicyclic) bond motifs is 1. The molecule has 1 aliphatic rings. The first-order chi connectivity index (χ1) is 10.3. The van der Waals surface area contributed by atoms with Gasteiger partial charge in [-0.15, -0.1) is 0 Å². The third-order valence-electron chi connectivity index (χ3n) is 3.73. The topological polar surface area (TPSA) is 52.6 Å². The van der Waals surface area contributed by atoms with Crippen LogP contribution in [-0.4, -0.2) is 17.9 Å². The van der Waals surface area contributed by atoms with Crippen LogP contribution in [-0.2, 0) is 9.53 Å². The molecule has 1 aromatic rings. The van der Waals surface area contributed by atoms with Gasteiger partial charge in [-0.25, -0.2) is 4.79 Å². The number of ketones is 1. The maximum absolute atomic E-state index is 12.1. The average Bonchev–Trinajstić information content (AvgIpc) is 2.84. The normalized spacial score (nSPS) is 20.1. The van der Waals surface area contributed by atoms with Crippen LogP contribution in [0.25, 0.3) is 0 Å². The van der Waals surface area contributed by atoms with Crippen LogP contribution in [0, 0.1) is 0 Å². The van der Waals surface area contributed by atoms with Gasteiger partial charge >= 0.3 is 5.97 Å². The molecule has 0 saturated heterocycles. The number of hydrogen-bond donors (Lipinski definition) is 0. The number of rotatable bonds is 4. The van der Waals surface area contributed by atoms with Crippen molar-refractivity contribution in [2.24, 2.45) is 0 Å². The standard InChI is InChI=1S/C18H20O4/c1-6-11(4)18(20)22-17-14-9-13(12(5)19)7-8-15(14)21-16(17)10(2)3/h6-9,16-17H,2H2,1,3-5H3/t16-,17+/m1/s1. The minimum Gasteiger partial charge on any atom is -0.481 e. The zero-order chi connectivity index (χ0) is 16.4. The molecule has 2 rings (SSSR count). The van der Waals surface area contributed by atoms with Gasteiger partial charge in [0.25, 0.3) is 0 Å². The van der Waals surface area contributed by atoms with Gasteiger partial charge in [-0.3, -0.25) is 4.79 Å². The molecule has 0 aliphatic carbocycles. The summed E-state index contributed by atoms with van der Waals surface area (Å²) in [5.41, 5.74) is 2.56. The summed E-state index contributed by atoms with van der Waals surface area (Å²) >= 11 is 0. The minimum absolute atomic E-state index is 0.0451. The SMILES string of the molecule is C=C(C)[C@H]1Oc2ccc(C(C)=O)cc2[C@@H]1OC(=O)C(C)=CC. The summed E-state index contributed by atoms with van der Waals surface area (Å²) in [6, 6.07) is 5.17. The number of ether oxygens (including phenoxy) is 2. The monoisotopic (exact) mass is 300 g/mol. The van der Waals surface area contributed by atoms with Crippen LogP contribution < -0.4 is 4.74 Å². The Kier molecular flexibility index (Phi) is 4.50. The van der Waals surface area contributed by atoms with E-state index in [9.17, 15) is 9.59 Å². The summed E-state index contributed by atoms with van der Waals surface area (Å²) in [5.74, 6) is 0.175. The molecule has 1 heterocycles. The van der Waals surface area contributed by atoms with Crippen molar-refractivity contribution in [2.75, 3.05) is 0 Å². The minimum atomic E-state index is -0.589. The maximum atomic E-state index is 12.1. The van der Waals surface area contributed by atoms with E-state index in [0.717, 1.165) is 5.57 Å². The lowest BCUT2D eigenvalue weighted by molar-refractivity contribution is -0.146. The van der Waals surface area contributed by atoms with Crippen molar-refractivity contribution < 1.29 is 19.1 Å². The summed E-state index contributed by atoms with van der Waals surface area (Å²) < 4.78 is 11.4. The van der Waals surface area contributed by atoms with Crippen molar-refractivity contribution in [2.45, 2.75) is 39.9 Å². The number of Topliss-reactive ketones (excluding diaryl/α,β-unsaturated/α-hetero) is 1. The van der Waals surface area contributed by atoms with Crippen LogP contribution in [0.5, 0.6) is 5.75 Å². The number of carbonyl (C=O) groups is 2. The van der Waals surface area contributed by atoms with E-state index in [2.05, 4.69) is 6.58 Å². The summed E-state index contributed by atoms with van der Waals surface area (Å²) in [7, 11) is 0. The number of hydrogen-bond acceptors (Lipinski definition) is 4. The Balaban J connectivity index is 2.41. The predicted molar refractivity (Wildman–Crippen MR) is 83.9 cm³/mol. The fraction of sp³-hybridized carbons (Fsp3) is 0.333. The van der Waals surface area contributed by atoms with E-state index in [0.29, 0.717) is 22.4 Å². The van der Waals surface area contributed by atoms with Crippen molar-refractivity contribution in [3.05, 3.63) is 53.1 Å². The van der Waals surface area contributed by atoms with Gasteiger partial charge in [0.15, 0.2) is 18.0 Å². The third kappa shape index (κ3) is 2.96. The Morgan fingerprint density at radius 3 is 2.50 bits per heavy atom. The second-order valence-electron chi connectivity index (χ2n) is 5.49. The number of benzene rings is 1. The quantitative estimate of drug-likeness (QED) is 0.367. The first kappa shape index (κ1) is 16.0. The van der Waals surface area contributed by atoms with Gasteiger partial charge in [0.05, 0.1) is 0 Å². The van der Waals surface area contributed by atoms with Crippen LogP contribution in [0.1, 0.15) is 49.7 Å². The molecule has 0 unspecified atom stereocenters. The molecule has 0 spiro atoms. The first-order valence-corrected chi connectivity index (χ1v) is 7.16. The molecule has 0 N–H and O–H groups in total. The number of esters is 1. The van der Waals surface area contributed by atoms with Gasteiger partial charge in [0.1, 0.15) is 5.75 Å². The van der Waals surface area contributed by atoms with Crippen molar-refractivity contribution >= 4 is 11.8 Å². The Hall–Kier alpha value is -2.36. The Bertz CT molecular complexity index is 670. The predicted octanol–water partition coefficient (Wildman–Crippen LogP) is 3.78. The lowest BCUT2D eigenvalue weighted by Crippen LogP contribution is -2.24. The molecule has 2 atom stereocenters. The molecule has 116 valence electrons. The van der Waals surface area contributed by atoms with E-state index in [4.69, 9.17) is 9.47 Å². The van der Waals surface area contributed by atoms with E-state index in [1.54, 1.807) is 38.1 Å². The lowest BCUT2D eigenvalue weighted by atomic mass is 9.99. The molecule has 22 heavy (non-hydrogen) atoms. The maximum Gasteiger partial charge on any atom is 0.334 e. The van der Waals surface area contributed by atoms with Crippen LogP contribution in [0.2, 0.25) is 0 Å². The summed E-state index contributed by atoms with van der Waals surface area (Å²) in [4.78, 5) is 23.7. The molecule has 0 saturated carbocycles. The molecule has 4 heteroatoms. The highest BCUT2D eigenvalue weighted by atomic mass is 16.6. The Morgan fingerprint density at radius 2 is 1.95 bits per heavy atom. The fourth-order valence-corrected chi connectivity index (χ4v) is 2.27. The molecule has 0 amide bonds. The Labute approximate surface area is 130 Å². The van der Waals surface area contributed by atoms with Crippen LogP contribution in [0.4, 0.5) is 0 Å². The Morgan fingerprint density at radius 1 is 1.27 bits per heavy atom. The molecule has 0 radical (unpaired) electrons. The van der Waals surface area contributed by atoms with Crippen molar-refractivity contribution in [3.63, 3.8) is 0 Å². The number of carbonyl (C=O) groups excluding carboxylic acids is 2. The first-order valence-electron chi connectivity index (χ1n) is 7.16. The van der Waals surface area contributed by atoms with Gasteiger partial charge in [-0.2, -0.15) is 0 Å². The van der Waals surface area contributed by atoms with Crippen LogP contribution >= 0.6 is 0 Å². The highest BCUT2D eigenvalue weighted by molar-refractivity contribution is 5.94. The van der Waals surface area contributed by atoms with Crippen LogP contribution in [0.3, 0.4) is 0 Å². The summed E-state index contributed by atoms with van der Waals surface area (Å²) in [6.07, 6.45) is 0.667. The molecule has 1 aliphatic heterocycles. The molecule has 0 aromatic heterocycles. The molecule has 4 nitrogen and oxygen atoms in total. The largest absolute Gasteiger partial charge is 0.481 e. The van der Waals surface area contributed by atoms with E-state index in [-0.39, 0.29) is 5.78 Å². The fourth-order valence-electron chi connectivity index (χ4n) is 2.27. The van der Waals surface area contributed by atoms with Crippen molar-refractivity contribution in [1.82, 2.24) is 0 Å². The number of allylic oxidation sites excluding steroid dienone is 1. The molecule has 0 bridgehead atoms. The molecular formula is C18H20O4. The van der Waals surface area contributed by atoms with Crippen molar-refractivity contribution in [3.8, 4) is 5.75 Å². The highest BCUT2D eigenvalue weighted by Gasteiger charge is 2.38. The third-order valence-corrected chi connectivity index (χ3v) is 3.73. The average molecular weight is 300 g/mol. The van der Waals surface area contributed by atoms with Crippen LogP contribution in [0.15, 0.2) is 42.0 Å². The molecule has 1 aromatic carbocycles. The van der Waals surface area contributed by atoms with Gasteiger partial charge in [-0.1, -0.05) is 12.7 Å². The zero-order valence-electron chi connectivity index (χ0n) is 13.3. The summed E-state index contributed by atoms with van der Waals surface area (Å²) in [6.45, 7) is 10.7. The van der Waals surface area contributed by atoms with Gasteiger partial charge in [-0.05, 0) is 51.5 Å². The second-order valence-corrected chi connectivity index (χ2v) is 5.49. The van der Waals surface area contributed by atoms with Gasteiger partial charge in [0, 0.05) is 16.7 Å². The zero-order valence-corrected chi connectivity index (χ0v) is 13.3.